The van der Waals surface area contributed by atoms with Crippen molar-refractivity contribution in [1.29, 1.82) is 0 Å². The third kappa shape index (κ3) is 5.68. The summed E-state index contributed by atoms with van der Waals surface area (Å²) in [6, 6.07) is 3.98. The van der Waals surface area contributed by atoms with Crippen molar-refractivity contribution in [3.63, 3.8) is 0 Å². The van der Waals surface area contributed by atoms with Crippen LogP contribution in [0.1, 0.15) is 49.8 Å². The SMILES string of the molecule is CCOC(=O)/C(=C/C#Cc1c(C(C)C)ccc(C)c1OC)CC(=O)O. The molecule has 0 amide bonds. The van der Waals surface area contributed by atoms with Crippen LogP contribution in [0.4, 0.5) is 0 Å². The second-order valence-electron chi connectivity index (χ2n) is 5.76. The van der Waals surface area contributed by atoms with E-state index >= 15 is 0 Å². The standard InChI is InChI=1S/C20H24O5/c1-6-25-20(23)15(12-18(21)22)8-7-9-17-16(13(2)3)11-10-14(4)19(17)24-5/h8,10-11,13H,6,12H2,1-5H3,(H,21,22)/b15-8+. The molecule has 5 heteroatoms. The summed E-state index contributed by atoms with van der Waals surface area (Å²) in [6.07, 6.45) is 0.869. The van der Waals surface area contributed by atoms with Gasteiger partial charge in [-0.25, -0.2) is 4.79 Å². The van der Waals surface area contributed by atoms with Gasteiger partial charge in [0.15, 0.2) is 0 Å². The first-order valence-corrected chi connectivity index (χ1v) is 8.08. The summed E-state index contributed by atoms with van der Waals surface area (Å²) in [5, 5.41) is 8.94. The van der Waals surface area contributed by atoms with Crippen molar-refractivity contribution in [2.24, 2.45) is 0 Å². The van der Waals surface area contributed by atoms with Crippen LogP contribution >= 0.6 is 0 Å². The molecule has 0 atom stereocenters. The van der Waals surface area contributed by atoms with Crippen molar-refractivity contribution in [3.8, 4) is 17.6 Å². The first-order valence-electron chi connectivity index (χ1n) is 8.08. The number of hydrogen-bond acceptors (Lipinski definition) is 4. The summed E-state index contributed by atoms with van der Waals surface area (Å²) >= 11 is 0. The van der Waals surface area contributed by atoms with Gasteiger partial charge >= 0.3 is 11.9 Å². The maximum absolute atomic E-state index is 11.8. The van der Waals surface area contributed by atoms with Crippen molar-refractivity contribution in [2.45, 2.75) is 40.0 Å². The van der Waals surface area contributed by atoms with Gasteiger partial charge in [0, 0.05) is 0 Å². The van der Waals surface area contributed by atoms with E-state index < -0.39 is 18.4 Å². The molecule has 0 unspecified atom stereocenters. The third-order valence-corrected chi connectivity index (χ3v) is 3.54. The molecule has 0 bridgehead atoms. The van der Waals surface area contributed by atoms with Crippen molar-refractivity contribution >= 4 is 11.9 Å². The van der Waals surface area contributed by atoms with Crippen LogP contribution < -0.4 is 4.74 Å². The molecule has 25 heavy (non-hydrogen) atoms. The third-order valence-electron chi connectivity index (χ3n) is 3.54. The number of hydrogen-bond donors (Lipinski definition) is 1. The highest BCUT2D eigenvalue weighted by Crippen LogP contribution is 2.30. The average Bonchev–Trinajstić information content (AvgIpc) is 2.53. The van der Waals surface area contributed by atoms with E-state index in [2.05, 4.69) is 25.7 Å². The number of benzene rings is 1. The van der Waals surface area contributed by atoms with Gasteiger partial charge in [0.05, 0.1) is 31.3 Å². The van der Waals surface area contributed by atoms with E-state index in [1.807, 2.05) is 19.1 Å². The van der Waals surface area contributed by atoms with Crippen LogP contribution in [0.2, 0.25) is 0 Å². The maximum Gasteiger partial charge on any atom is 0.335 e. The Bertz CT molecular complexity index is 732. The lowest BCUT2D eigenvalue weighted by molar-refractivity contribution is -0.142. The van der Waals surface area contributed by atoms with Gasteiger partial charge in [-0.05, 0) is 37.0 Å². The van der Waals surface area contributed by atoms with Gasteiger partial charge in [0.25, 0.3) is 0 Å². The lowest BCUT2D eigenvalue weighted by Crippen LogP contribution is -2.11. The average molecular weight is 344 g/mol. The van der Waals surface area contributed by atoms with Gasteiger partial charge in [0.1, 0.15) is 5.75 Å². The Hall–Kier alpha value is -2.74. The van der Waals surface area contributed by atoms with Crippen LogP contribution in [0, 0.1) is 18.8 Å². The summed E-state index contributed by atoms with van der Waals surface area (Å²) in [7, 11) is 1.59. The number of rotatable bonds is 6. The molecule has 5 nitrogen and oxygen atoms in total. The molecule has 1 rings (SSSR count). The van der Waals surface area contributed by atoms with Gasteiger partial charge in [-0.2, -0.15) is 0 Å². The van der Waals surface area contributed by atoms with Gasteiger partial charge < -0.3 is 14.6 Å². The zero-order valence-electron chi connectivity index (χ0n) is 15.3. The summed E-state index contributed by atoms with van der Waals surface area (Å²) < 4.78 is 10.3. The number of methoxy groups -OCH3 is 1. The summed E-state index contributed by atoms with van der Waals surface area (Å²) in [4.78, 5) is 22.8. The van der Waals surface area contributed by atoms with Crippen LogP contribution in [0.15, 0.2) is 23.8 Å². The van der Waals surface area contributed by atoms with Crippen molar-refractivity contribution in [3.05, 3.63) is 40.5 Å². The molecular formula is C20H24O5. The molecule has 0 fully saturated rings. The Labute approximate surface area is 148 Å². The van der Waals surface area contributed by atoms with Gasteiger partial charge in [-0.15, -0.1) is 0 Å². The number of aryl methyl sites for hydroxylation is 1. The van der Waals surface area contributed by atoms with Gasteiger partial charge in [-0.1, -0.05) is 37.8 Å². The fourth-order valence-corrected chi connectivity index (χ4v) is 2.34. The van der Waals surface area contributed by atoms with Crippen LogP contribution in [0.5, 0.6) is 5.75 Å². The molecule has 0 aromatic heterocycles. The van der Waals surface area contributed by atoms with E-state index in [1.54, 1.807) is 14.0 Å². The number of carboxylic acids is 1. The normalized spacial score (nSPS) is 10.9. The number of esters is 1. The smallest absolute Gasteiger partial charge is 0.335 e. The van der Waals surface area contributed by atoms with Crippen molar-refractivity contribution in [2.75, 3.05) is 13.7 Å². The highest BCUT2D eigenvalue weighted by Gasteiger charge is 2.15. The summed E-state index contributed by atoms with van der Waals surface area (Å²) in [5.74, 6) is 4.94. The first-order chi connectivity index (χ1) is 11.8. The molecule has 1 aromatic rings. The Morgan fingerprint density at radius 1 is 1.32 bits per heavy atom. The molecule has 0 saturated carbocycles. The van der Waals surface area contributed by atoms with E-state index in [4.69, 9.17) is 14.6 Å². The largest absolute Gasteiger partial charge is 0.495 e. The molecule has 134 valence electrons. The predicted molar refractivity (Wildman–Crippen MR) is 95.7 cm³/mol. The van der Waals surface area contributed by atoms with E-state index in [0.717, 1.165) is 16.7 Å². The fourth-order valence-electron chi connectivity index (χ4n) is 2.34. The minimum atomic E-state index is -1.11. The monoisotopic (exact) mass is 344 g/mol. The molecule has 0 aliphatic heterocycles. The van der Waals surface area contributed by atoms with E-state index in [0.29, 0.717) is 5.75 Å². The zero-order chi connectivity index (χ0) is 19.0. The minimum Gasteiger partial charge on any atom is -0.495 e. The zero-order valence-corrected chi connectivity index (χ0v) is 15.3. The number of aliphatic carboxylic acids is 1. The predicted octanol–water partition coefficient (Wildman–Crippen LogP) is 3.44. The summed E-state index contributed by atoms with van der Waals surface area (Å²) in [6.45, 7) is 7.87. The topological polar surface area (TPSA) is 72.8 Å². The second-order valence-corrected chi connectivity index (χ2v) is 5.76. The Balaban J connectivity index is 3.34. The van der Waals surface area contributed by atoms with E-state index in [-0.39, 0.29) is 18.1 Å². The lowest BCUT2D eigenvalue weighted by Gasteiger charge is -2.14. The Kier molecular flexibility index (Phi) is 7.74. The molecular weight excluding hydrogens is 320 g/mol. The van der Waals surface area contributed by atoms with Crippen molar-refractivity contribution in [1.82, 2.24) is 0 Å². The lowest BCUT2D eigenvalue weighted by atomic mass is 9.94. The Morgan fingerprint density at radius 3 is 2.52 bits per heavy atom. The van der Waals surface area contributed by atoms with E-state index in [1.165, 1.54) is 6.08 Å². The van der Waals surface area contributed by atoms with Crippen LogP contribution in [-0.4, -0.2) is 30.8 Å². The number of ether oxygens (including phenoxy) is 2. The number of carbonyl (C=O) groups is 2. The highest BCUT2D eigenvalue weighted by molar-refractivity contribution is 5.94. The van der Waals surface area contributed by atoms with Crippen LogP contribution in [-0.2, 0) is 14.3 Å². The number of carbonyl (C=O) groups excluding carboxylic acids is 1. The molecule has 0 saturated heterocycles. The van der Waals surface area contributed by atoms with Gasteiger partial charge in [0.2, 0.25) is 0 Å². The Morgan fingerprint density at radius 2 is 2.00 bits per heavy atom. The quantitative estimate of drug-likeness (QED) is 0.486. The molecule has 0 aliphatic rings. The minimum absolute atomic E-state index is 0.0135. The molecule has 0 radical (unpaired) electrons. The second kappa shape index (κ2) is 9.53. The first kappa shape index (κ1) is 20.3. The van der Waals surface area contributed by atoms with Gasteiger partial charge in [-0.3, -0.25) is 4.79 Å². The molecule has 0 spiro atoms. The summed E-state index contributed by atoms with van der Waals surface area (Å²) in [5.41, 5.74) is 2.74. The maximum atomic E-state index is 11.8. The van der Waals surface area contributed by atoms with Crippen molar-refractivity contribution < 1.29 is 24.2 Å². The number of carboxylic acid groups (broad SMARTS) is 1. The van der Waals surface area contributed by atoms with E-state index in [9.17, 15) is 9.59 Å². The van der Waals surface area contributed by atoms with Crippen LogP contribution in [0.25, 0.3) is 0 Å². The molecule has 1 N–H and O–H groups in total. The molecule has 0 heterocycles. The fraction of sp³-hybridized carbons (Fsp3) is 0.400. The highest BCUT2D eigenvalue weighted by atomic mass is 16.5. The molecule has 0 aliphatic carbocycles. The molecule has 1 aromatic carbocycles. The number of allylic oxidation sites excluding steroid dienone is 1. The van der Waals surface area contributed by atoms with Crippen LogP contribution in [0.3, 0.4) is 0 Å².